The van der Waals surface area contributed by atoms with Crippen LogP contribution < -0.4 is 0 Å². The molecule has 1 atom stereocenters. The molecule has 0 bridgehead atoms. The maximum Gasteiger partial charge on any atom is 0.339 e. The molecule has 0 spiro atoms. The van der Waals surface area contributed by atoms with Gasteiger partial charge in [0, 0.05) is 18.8 Å². The number of rotatable bonds is 6. The number of carboxylic acids is 1. The third kappa shape index (κ3) is 3.78. The molecule has 0 aromatic carbocycles. The molecule has 0 saturated carbocycles. The highest BCUT2D eigenvalue weighted by Gasteiger charge is 2.15. The molecule has 1 unspecified atom stereocenters. The van der Waals surface area contributed by atoms with Crippen LogP contribution in [-0.2, 0) is 6.54 Å². The first-order valence-electron chi connectivity index (χ1n) is 5.78. The summed E-state index contributed by atoms with van der Waals surface area (Å²) in [6.45, 7) is 4.80. The normalized spacial score (nSPS) is 12.7. The number of aromatic nitrogens is 2. The first kappa shape index (κ1) is 13.6. The third-order valence-electron chi connectivity index (χ3n) is 2.88. The Morgan fingerprint density at radius 3 is 2.88 bits per heavy atom. The van der Waals surface area contributed by atoms with Crippen molar-refractivity contribution in [3.8, 4) is 0 Å². The summed E-state index contributed by atoms with van der Waals surface area (Å²) in [5, 5.41) is 9.02. The van der Waals surface area contributed by atoms with Gasteiger partial charge in [0.2, 0.25) is 0 Å². The number of aromatic carboxylic acids is 1. The largest absolute Gasteiger partial charge is 0.478 e. The average molecular weight is 237 g/mol. The van der Waals surface area contributed by atoms with Crippen LogP contribution in [0.15, 0.2) is 12.5 Å². The molecule has 94 valence electrons. The van der Waals surface area contributed by atoms with E-state index in [4.69, 9.17) is 5.11 Å². The lowest BCUT2D eigenvalue weighted by molar-refractivity contribution is 0.0693. The van der Waals surface area contributed by atoms with Gasteiger partial charge in [-0.2, -0.15) is 0 Å². The quantitative estimate of drug-likeness (QED) is 0.817. The molecule has 0 amide bonds. The Balaban J connectivity index is 2.77. The lowest BCUT2D eigenvalue weighted by Gasteiger charge is -2.24. The SMILES string of the molecule is CCCC(C)N(C)Cc1ncncc1C(=O)O. The van der Waals surface area contributed by atoms with Crippen LogP contribution in [0.25, 0.3) is 0 Å². The molecule has 1 aromatic rings. The Bertz CT molecular complexity index is 382. The molecule has 0 saturated heterocycles. The van der Waals surface area contributed by atoms with E-state index in [0.717, 1.165) is 12.8 Å². The molecule has 0 aliphatic heterocycles. The molecule has 5 nitrogen and oxygen atoms in total. The molecule has 1 rings (SSSR count). The van der Waals surface area contributed by atoms with Gasteiger partial charge in [-0.3, -0.25) is 4.90 Å². The molecule has 17 heavy (non-hydrogen) atoms. The Morgan fingerprint density at radius 2 is 2.29 bits per heavy atom. The topological polar surface area (TPSA) is 66.3 Å². The molecule has 5 heteroatoms. The fourth-order valence-corrected chi connectivity index (χ4v) is 1.69. The second-order valence-electron chi connectivity index (χ2n) is 4.24. The van der Waals surface area contributed by atoms with Crippen LogP contribution >= 0.6 is 0 Å². The summed E-state index contributed by atoms with van der Waals surface area (Å²) in [5.74, 6) is -0.975. The fourth-order valence-electron chi connectivity index (χ4n) is 1.69. The van der Waals surface area contributed by atoms with Gasteiger partial charge in [0.25, 0.3) is 0 Å². The van der Waals surface area contributed by atoms with Crippen LogP contribution in [0.3, 0.4) is 0 Å². The molecule has 1 heterocycles. The minimum atomic E-state index is -0.975. The van der Waals surface area contributed by atoms with Crippen LogP contribution in [0.4, 0.5) is 0 Å². The second kappa shape index (κ2) is 6.30. The first-order chi connectivity index (χ1) is 8.06. The summed E-state index contributed by atoms with van der Waals surface area (Å²) < 4.78 is 0. The van der Waals surface area contributed by atoms with E-state index in [1.807, 2.05) is 7.05 Å². The highest BCUT2D eigenvalue weighted by Crippen LogP contribution is 2.11. The minimum absolute atomic E-state index is 0.183. The van der Waals surface area contributed by atoms with Gasteiger partial charge in [0.15, 0.2) is 0 Å². The molecule has 0 aliphatic carbocycles. The van der Waals surface area contributed by atoms with E-state index < -0.39 is 5.97 Å². The lowest BCUT2D eigenvalue weighted by Crippen LogP contribution is -2.29. The van der Waals surface area contributed by atoms with E-state index in [-0.39, 0.29) is 5.56 Å². The Hall–Kier alpha value is -1.49. The molecule has 0 fully saturated rings. The van der Waals surface area contributed by atoms with Gasteiger partial charge < -0.3 is 5.11 Å². The maximum absolute atomic E-state index is 11.0. The maximum atomic E-state index is 11.0. The third-order valence-corrected chi connectivity index (χ3v) is 2.88. The van der Waals surface area contributed by atoms with Crippen LogP contribution in [0.5, 0.6) is 0 Å². The van der Waals surface area contributed by atoms with Crippen molar-refractivity contribution in [2.75, 3.05) is 7.05 Å². The van der Waals surface area contributed by atoms with E-state index in [2.05, 4.69) is 28.7 Å². The zero-order chi connectivity index (χ0) is 12.8. The zero-order valence-corrected chi connectivity index (χ0v) is 10.6. The first-order valence-corrected chi connectivity index (χ1v) is 5.78. The van der Waals surface area contributed by atoms with E-state index in [0.29, 0.717) is 18.3 Å². The predicted octanol–water partition coefficient (Wildman–Crippen LogP) is 1.80. The smallest absolute Gasteiger partial charge is 0.339 e. The van der Waals surface area contributed by atoms with Gasteiger partial charge in [-0.1, -0.05) is 13.3 Å². The summed E-state index contributed by atoms with van der Waals surface area (Å²) >= 11 is 0. The Kier molecular flexibility index (Phi) is 5.03. The van der Waals surface area contributed by atoms with Gasteiger partial charge >= 0.3 is 5.97 Å². The van der Waals surface area contributed by atoms with Crippen LogP contribution in [0.2, 0.25) is 0 Å². The van der Waals surface area contributed by atoms with Crippen molar-refractivity contribution in [2.45, 2.75) is 39.3 Å². The fraction of sp³-hybridized carbons (Fsp3) is 0.583. The molecule has 0 radical (unpaired) electrons. The number of carboxylic acid groups (broad SMARTS) is 1. The number of nitrogens with zero attached hydrogens (tertiary/aromatic N) is 3. The van der Waals surface area contributed by atoms with Crippen molar-refractivity contribution in [1.82, 2.24) is 14.9 Å². The van der Waals surface area contributed by atoms with E-state index >= 15 is 0 Å². The average Bonchev–Trinajstić information content (AvgIpc) is 2.29. The van der Waals surface area contributed by atoms with Crippen LogP contribution in [-0.4, -0.2) is 39.0 Å². The predicted molar refractivity (Wildman–Crippen MR) is 64.8 cm³/mol. The zero-order valence-electron chi connectivity index (χ0n) is 10.6. The van der Waals surface area contributed by atoms with E-state index in [9.17, 15) is 4.79 Å². The number of hydrogen-bond acceptors (Lipinski definition) is 4. The van der Waals surface area contributed by atoms with Gasteiger partial charge in [-0.05, 0) is 20.4 Å². The number of hydrogen-bond donors (Lipinski definition) is 1. The van der Waals surface area contributed by atoms with Crippen molar-refractivity contribution in [1.29, 1.82) is 0 Å². The van der Waals surface area contributed by atoms with E-state index in [1.54, 1.807) is 0 Å². The summed E-state index contributed by atoms with van der Waals surface area (Å²) in [6.07, 6.45) is 4.94. The standard InChI is InChI=1S/C12H19N3O2/c1-4-5-9(2)15(3)7-11-10(12(16)17)6-13-8-14-11/h6,8-9H,4-5,7H2,1-3H3,(H,16,17). The van der Waals surface area contributed by atoms with Gasteiger partial charge in [0.05, 0.1) is 5.69 Å². The van der Waals surface area contributed by atoms with Crippen molar-refractivity contribution >= 4 is 5.97 Å². The molecular weight excluding hydrogens is 218 g/mol. The van der Waals surface area contributed by atoms with Crippen LogP contribution in [0.1, 0.15) is 42.7 Å². The number of carbonyl (C=O) groups is 1. The lowest BCUT2D eigenvalue weighted by atomic mass is 10.1. The van der Waals surface area contributed by atoms with Crippen LogP contribution in [0, 0.1) is 0 Å². The minimum Gasteiger partial charge on any atom is -0.478 e. The van der Waals surface area contributed by atoms with Crippen molar-refractivity contribution in [3.05, 3.63) is 23.8 Å². The Morgan fingerprint density at radius 1 is 1.59 bits per heavy atom. The highest BCUT2D eigenvalue weighted by molar-refractivity contribution is 5.88. The van der Waals surface area contributed by atoms with E-state index in [1.165, 1.54) is 12.5 Å². The molecule has 1 N–H and O–H groups in total. The Labute approximate surface area is 102 Å². The molecular formula is C12H19N3O2. The monoisotopic (exact) mass is 237 g/mol. The summed E-state index contributed by atoms with van der Waals surface area (Å²) in [7, 11) is 1.98. The molecule has 0 aliphatic rings. The highest BCUT2D eigenvalue weighted by atomic mass is 16.4. The van der Waals surface area contributed by atoms with Gasteiger partial charge in [-0.25, -0.2) is 14.8 Å². The van der Waals surface area contributed by atoms with Crippen molar-refractivity contribution in [2.24, 2.45) is 0 Å². The molecule has 1 aromatic heterocycles. The summed E-state index contributed by atoms with van der Waals surface area (Å²) in [6, 6.07) is 0.414. The van der Waals surface area contributed by atoms with Crippen molar-refractivity contribution in [3.63, 3.8) is 0 Å². The van der Waals surface area contributed by atoms with Crippen molar-refractivity contribution < 1.29 is 9.90 Å². The van der Waals surface area contributed by atoms with Gasteiger partial charge in [-0.15, -0.1) is 0 Å². The second-order valence-corrected chi connectivity index (χ2v) is 4.24. The summed E-state index contributed by atoms with van der Waals surface area (Å²) in [4.78, 5) is 20.9. The summed E-state index contributed by atoms with van der Waals surface area (Å²) in [5.41, 5.74) is 0.751. The van der Waals surface area contributed by atoms with Gasteiger partial charge in [0.1, 0.15) is 11.9 Å².